The monoisotopic (exact) mass is 793 g/mol. The molecule has 0 aromatic heterocycles. The Morgan fingerprint density at radius 2 is 0.589 bits per heavy atom. The summed E-state index contributed by atoms with van der Waals surface area (Å²) in [6, 6.07) is 0. The average molecular weight is 793 g/mol. The van der Waals surface area contributed by atoms with Crippen molar-refractivity contribution in [3.8, 4) is 0 Å². The van der Waals surface area contributed by atoms with Gasteiger partial charge < -0.3 is 14.2 Å². The quantitative estimate of drug-likeness (QED) is 0.0347. The Kier molecular flexibility index (Phi) is 43.2. The van der Waals surface area contributed by atoms with Gasteiger partial charge in [-0.05, 0) is 25.2 Å². The van der Waals surface area contributed by atoms with Crippen LogP contribution in [-0.2, 0) is 28.6 Å². The van der Waals surface area contributed by atoms with Gasteiger partial charge in [-0.3, -0.25) is 14.4 Å². The standard InChI is InChI=1S/C50H96O6/c1-5-7-9-11-13-15-17-19-21-23-24-26-28-33-37-41-48(51)54-44-47(45-55-49(52)42-38-34-31-30-32-36-40-46(3)4)56-50(53)43-39-35-29-27-25-22-20-18-16-14-12-10-8-6-2/h46-47H,5-45H2,1-4H3/t47-/m1/s1. The summed E-state index contributed by atoms with van der Waals surface area (Å²) in [4.78, 5) is 37.8. The Morgan fingerprint density at radius 3 is 0.875 bits per heavy atom. The molecule has 1 atom stereocenters. The van der Waals surface area contributed by atoms with Crippen LogP contribution in [0, 0.1) is 5.92 Å². The van der Waals surface area contributed by atoms with Crippen LogP contribution in [0.3, 0.4) is 0 Å². The molecule has 0 rings (SSSR count). The lowest BCUT2D eigenvalue weighted by atomic mass is 10.0. The molecule has 0 aliphatic carbocycles. The number of rotatable bonds is 45. The number of unbranched alkanes of at least 4 members (excludes halogenated alkanes) is 32. The third-order valence-electron chi connectivity index (χ3n) is 11.3. The molecular formula is C50H96O6. The van der Waals surface area contributed by atoms with Crippen molar-refractivity contribution in [3.05, 3.63) is 0 Å². The molecule has 0 radical (unpaired) electrons. The molecule has 0 fully saturated rings. The van der Waals surface area contributed by atoms with E-state index in [1.165, 1.54) is 173 Å². The summed E-state index contributed by atoms with van der Waals surface area (Å²) < 4.78 is 16.8. The highest BCUT2D eigenvalue weighted by atomic mass is 16.6. The van der Waals surface area contributed by atoms with Crippen molar-refractivity contribution in [2.75, 3.05) is 13.2 Å². The van der Waals surface area contributed by atoms with Crippen molar-refractivity contribution in [1.82, 2.24) is 0 Å². The van der Waals surface area contributed by atoms with E-state index in [4.69, 9.17) is 14.2 Å². The van der Waals surface area contributed by atoms with Gasteiger partial charge in [-0.1, -0.05) is 240 Å². The summed E-state index contributed by atoms with van der Waals surface area (Å²) in [7, 11) is 0. The minimum absolute atomic E-state index is 0.0638. The molecule has 0 N–H and O–H groups in total. The van der Waals surface area contributed by atoms with E-state index in [-0.39, 0.29) is 31.1 Å². The predicted octanol–water partition coefficient (Wildman–Crippen LogP) is 15.9. The van der Waals surface area contributed by atoms with Crippen molar-refractivity contribution in [2.45, 2.75) is 284 Å². The van der Waals surface area contributed by atoms with Crippen molar-refractivity contribution in [1.29, 1.82) is 0 Å². The van der Waals surface area contributed by atoms with E-state index in [1.54, 1.807) is 0 Å². The molecule has 0 aliphatic rings. The lowest BCUT2D eigenvalue weighted by molar-refractivity contribution is -0.167. The lowest BCUT2D eigenvalue weighted by Crippen LogP contribution is -2.30. The number of hydrogen-bond acceptors (Lipinski definition) is 6. The van der Waals surface area contributed by atoms with Crippen LogP contribution in [0.5, 0.6) is 0 Å². The van der Waals surface area contributed by atoms with Gasteiger partial charge in [0.15, 0.2) is 6.10 Å². The van der Waals surface area contributed by atoms with E-state index in [0.29, 0.717) is 19.3 Å². The number of esters is 3. The zero-order chi connectivity index (χ0) is 41.0. The Bertz CT molecular complexity index is 841. The molecule has 6 heteroatoms. The smallest absolute Gasteiger partial charge is 0.306 e. The molecule has 0 saturated heterocycles. The van der Waals surface area contributed by atoms with Gasteiger partial charge in [-0.25, -0.2) is 0 Å². The molecule has 0 bridgehead atoms. The molecule has 0 aliphatic heterocycles. The van der Waals surface area contributed by atoms with Crippen LogP contribution < -0.4 is 0 Å². The molecule has 0 spiro atoms. The fourth-order valence-corrected chi connectivity index (χ4v) is 7.51. The molecule has 0 aromatic rings. The number of carbonyl (C=O) groups is 3. The predicted molar refractivity (Wildman–Crippen MR) is 238 cm³/mol. The summed E-state index contributed by atoms with van der Waals surface area (Å²) in [5, 5.41) is 0. The highest BCUT2D eigenvalue weighted by Gasteiger charge is 2.19. The van der Waals surface area contributed by atoms with Gasteiger partial charge in [-0.15, -0.1) is 0 Å². The lowest BCUT2D eigenvalue weighted by Gasteiger charge is -2.18. The maximum absolute atomic E-state index is 12.7. The van der Waals surface area contributed by atoms with Gasteiger partial charge in [0.25, 0.3) is 0 Å². The second-order valence-electron chi connectivity index (χ2n) is 17.6. The highest BCUT2D eigenvalue weighted by Crippen LogP contribution is 2.17. The number of carbonyl (C=O) groups excluding carboxylic acids is 3. The van der Waals surface area contributed by atoms with E-state index in [2.05, 4.69) is 27.7 Å². The second kappa shape index (κ2) is 44.5. The Morgan fingerprint density at radius 1 is 0.339 bits per heavy atom. The minimum Gasteiger partial charge on any atom is -0.462 e. The molecule has 56 heavy (non-hydrogen) atoms. The first-order valence-corrected chi connectivity index (χ1v) is 24.9. The zero-order valence-corrected chi connectivity index (χ0v) is 38.1. The van der Waals surface area contributed by atoms with Crippen LogP contribution in [-0.4, -0.2) is 37.2 Å². The Balaban J connectivity index is 4.28. The maximum Gasteiger partial charge on any atom is 0.306 e. The molecular weight excluding hydrogens is 697 g/mol. The summed E-state index contributed by atoms with van der Waals surface area (Å²) in [6.45, 7) is 8.95. The summed E-state index contributed by atoms with van der Waals surface area (Å²) in [6.07, 6.45) is 45.3. The van der Waals surface area contributed by atoms with E-state index in [1.807, 2.05) is 0 Å². The van der Waals surface area contributed by atoms with E-state index >= 15 is 0 Å². The summed E-state index contributed by atoms with van der Waals surface area (Å²) in [5.74, 6) is -0.0884. The van der Waals surface area contributed by atoms with Gasteiger partial charge in [0.2, 0.25) is 0 Å². The first-order chi connectivity index (χ1) is 27.4. The Hall–Kier alpha value is -1.59. The van der Waals surface area contributed by atoms with Gasteiger partial charge >= 0.3 is 17.9 Å². The third-order valence-corrected chi connectivity index (χ3v) is 11.3. The molecule has 0 amide bonds. The first-order valence-electron chi connectivity index (χ1n) is 24.9. The maximum atomic E-state index is 12.7. The van der Waals surface area contributed by atoms with Crippen LogP contribution in [0.2, 0.25) is 0 Å². The van der Waals surface area contributed by atoms with Crippen LogP contribution in [0.1, 0.15) is 278 Å². The minimum atomic E-state index is -0.760. The fraction of sp³-hybridized carbons (Fsp3) is 0.940. The summed E-state index contributed by atoms with van der Waals surface area (Å²) in [5.41, 5.74) is 0. The first kappa shape index (κ1) is 54.4. The van der Waals surface area contributed by atoms with Gasteiger partial charge in [0.05, 0.1) is 0 Å². The number of hydrogen-bond donors (Lipinski definition) is 0. The second-order valence-corrected chi connectivity index (χ2v) is 17.6. The third kappa shape index (κ3) is 43.5. The normalized spacial score (nSPS) is 11.9. The van der Waals surface area contributed by atoms with Crippen molar-refractivity contribution in [3.63, 3.8) is 0 Å². The van der Waals surface area contributed by atoms with E-state index in [9.17, 15) is 14.4 Å². The zero-order valence-electron chi connectivity index (χ0n) is 38.1. The molecule has 0 heterocycles. The average Bonchev–Trinajstić information content (AvgIpc) is 3.18. The molecule has 0 saturated carbocycles. The molecule has 0 unspecified atom stereocenters. The topological polar surface area (TPSA) is 78.9 Å². The van der Waals surface area contributed by atoms with Gasteiger partial charge in [0, 0.05) is 19.3 Å². The van der Waals surface area contributed by atoms with Crippen molar-refractivity contribution in [2.24, 2.45) is 5.92 Å². The summed E-state index contributed by atoms with van der Waals surface area (Å²) >= 11 is 0. The molecule has 332 valence electrons. The highest BCUT2D eigenvalue weighted by molar-refractivity contribution is 5.71. The van der Waals surface area contributed by atoms with Crippen molar-refractivity contribution < 1.29 is 28.6 Å². The number of ether oxygens (including phenoxy) is 3. The largest absolute Gasteiger partial charge is 0.462 e. The van der Waals surface area contributed by atoms with E-state index < -0.39 is 6.10 Å². The molecule has 0 aromatic carbocycles. The fourth-order valence-electron chi connectivity index (χ4n) is 7.51. The molecule has 6 nitrogen and oxygen atoms in total. The van der Waals surface area contributed by atoms with Crippen molar-refractivity contribution >= 4 is 17.9 Å². The van der Waals surface area contributed by atoms with E-state index in [0.717, 1.165) is 63.7 Å². The van der Waals surface area contributed by atoms with Crippen LogP contribution in [0.15, 0.2) is 0 Å². The van der Waals surface area contributed by atoms with Crippen LogP contribution in [0.25, 0.3) is 0 Å². The Labute approximate surface area is 348 Å². The van der Waals surface area contributed by atoms with Crippen LogP contribution >= 0.6 is 0 Å². The SMILES string of the molecule is CCCCCCCCCCCCCCCCCC(=O)OC[C@H](COC(=O)CCCCCCCCC(C)C)OC(=O)CCCCCCCCCCCCCCCC. The van der Waals surface area contributed by atoms with Gasteiger partial charge in [-0.2, -0.15) is 0 Å². The van der Waals surface area contributed by atoms with Crippen LogP contribution in [0.4, 0.5) is 0 Å². The van der Waals surface area contributed by atoms with Gasteiger partial charge in [0.1, 0.15) is 13.2 Å².